The molecule has 0 aliphatic heterocycles. The molecule has 3 N–H and O–H groups in total. The standard InChI is InChI=1S/C34H41N2O6PS/c1-2-22-42-34(40)29(35)18-20-32(38)36-30(25-44)31(37)19-21-33(39)41-23-24-43(26-12-6-3-7-13-26,27-14-8-4-9-15-27)28-16-10-5-11-17-28/h3-17,29-30H,2,18-25,35H2,1H3,(H-,36,38,44)/p+1/t29-,30-/m0/s1. The van der Waals surface area contributed by atoms with Crippen LogP contribution in [0.2, 0.25) is 0 Å². The van der Waals surface area contributed by atoms with Crippen LogP contribution in [0.5, 0.6) is 0 Å². The maximum absolute atomic E-state index is 12.8. The van der Waals surface area contributed by atoms with Crippen molar-refractivity contribution in [2.75, 3.05) is 25.1 Å². The third kappa shape index (κ3) is 10.0. The van der Waals surface area contributed by atoms with Crippen LogP contribution < -0.4 is 27.0 Å². The first-order chi connectivity index (χ1) is 21.3. The molecule has 0 fully saturated rings. The molecule has 0 aliphatic carbocycles. The number of nitrogens with two attached hydrogens (primary N) is 1. The van der Waals surface area contributed by atoms with Crippen molar-refractivity contribution in [2.45, 2.75) is 51.1 Å². The fourth-order valence-corrected chi connectivity index (χ4v) is 9.23. The molecule has 0 spiro atoms. The van der Waals surface area contributed by atoms with Crippen LogP contribution in [0, 0.1) is 0 Å². The molecule has 3 aromatic rings. The molecule has 0 saturated carbocycles. The van der Waals surface area contributed by atoms with E-state index in [0.29, 0.717) is 12.6 Å². The normalized spacial score (nSPS) is 12.5. The Morgan fingerprint density at radius 1 is 0.773 bits per heavy atom. The van der Waals surface area contributed by atoms with Gasteiger partial charge in [-0.1, -0.05) is 61.5 Å². The highest BCUT2D eigenvalue weighted by atomic mass is 32.1. The van der Waals surface area contributed by atoms with Crippen LogP contribution in [-0.2, 0) is 28.7 Å². The third-order valence-corrected chi connectivity index (χ3v) is 12.0. The highest BCUT2D eigenvalue weighted by molar-refractivity contribution is 7.95. The molecule has 0 aliphatic rings. The minimum atomic E-state index is -2.15. The Labute approximate surface area is 265 Å². The first-order valence-electron chi connectivity index (χ1n) is 14.9. The lowest BCUT2D eigenvalue weighted by Crippen LogP contribution is -2.43. The van der Waals surface area contributed by atoms with E-state index in [9.17, 15) is 19.2 Å². The Hall–Kier alpha value is -3.52. The Bertz CT molecular complexity index is 1250. The van der Waals surface area contributed by atoms with Gasteiger partial charge in [-0.25, -0.2) is 0 Å². The zero-order valence-electron chi connectivity index (χ0n) is 25.1. The summed E-state index contributed by atoms with van der Waals surface area (Å²) in [5, 5.41) is 6.19. The van der Waals surface area contributed by atoms with Crippen LogP contribution in [0.3, 0.4) is 0 Å². The summed E-state index contributed by atoms with van der Waals surface area (Å²) in [5.41, 5.74) is 5.79. The van der Waals surface area contributed by atoms with Gasteiger partial charge in [-0.3, -0.25) is 19.2 Å². The third-order valence-electron chi connectivity index (χ3n) is 7.20. The van der Waals surface area contributed by atoms with Gasteiger partial charge in [0.05, 0.1) is 19.1 Å². The summed E-state index contributed by atoms with van der Waals surface area (Å²) >= 11 is 4.20. The second-order valence-electron chi connectivity index (χ2n) is 10.3. The van der Waals surface area contributed by atoms with Gasteiger partial charge < -0.3 is 20.5 Å². The van der Waals surface area contributed by atoms with E-state index in [-0.39, 0.29) is 50.4 Å². The number of amides is 1. The van der Waals surface area contributed by atoms with Crippen molar-refractivity contribution in [1.82, 2.24) is 5.32 Å². The number of carbonyl (C=O) groups excluding carboxylic acids is 4. The molecule has 0 heterocycles. The number of hydrogen-bond donors (Lipinski definition) is 3. The molecular weight excluding hydrogens is 595 g/mol. The summed E-state index contributed by atoms with van der Waals surface area (Å²) in [4.78, 5) is 49.8. The van der Waals surface area contributed by atoms with Crippen molar-refractivity contribution < 1.29 is 28.7 Å². The lowest BCUT2D eigenvalue weighted by molar-refractivity contribution is -0.145. The number of ether oxygens (including phenoxy) is 2. The predicted molar refractivity (Wildman–Crippen MR) is 179 cm³/mol. The number of thiol groups is 1. The molecular formula is C34H42N2O6PS+. The molecule has 0 unspecified atom stereocenters. The number of Topliss-reactive ketones (excluding diaryl/α,β-unsaturated/α-hetero) is 1. The van der Waals surface area contributed by atoms with Gasteiger partial charge in [-0.05, 0) is 49.2 Å². The van der Waals surface area contributed by atoms with Crippen molar-refractivity contribution in [3.05, 3.63) is 91.0 Å². The van der Waals surface area contributed by atoms with Gasteiger partial charge in [0, 0.05) is 18.6 Å². The molecule has 0 radical (unpaired) electrons. The Morgan fingerprint density at radius 3 is 1.77 bits per heavy atom. The monoisotopic (exact) mass is 637 g/mol. The molecule has 44 heavy (non-hydrogen) atoms. The quantitative estimate of drug-likeness (QED) is 0.111. The first kappa shape index (κ1) is 35.0. The lowest BCUT2D eigenvalue weighted by atomic mass is 10.1. The predicted octanol–water partition coefficient (Wildman–Crippen LogP) is 3.35. The van der Waals surface area contributed by atoms with Crippen LogP contribution in [0.25, 0.3) is 0 Å². The molecule has 0 aromatic heterocycles. The Morgan fingerprint density at radius 2 is 1.30 bits per heavy atom. The fourth-order valence-electron chi connectivity index (χ4n) is 4.86. The van der Waals surface area contributed by atoms with Gasteiger partial charge in [-0.15, -0.1) is 0 Å². The van der Waals surface area contributed by atoms with Crippen LogP contribution >= 0.6 is 19.9 Å². The summed E-state index contributed by atoms with van der Waals surface area (Å²) in [6, 6.07) is 29.1. The van der Waals surface area contributed by atoms with E-state index >= 15 is 0 Å². The van der Waals surface area contributed by atoms with Gasteiger partial charge in [0.2, 0.25) is 5.91 Å². The fraction of sp³-hybridized carbons (Fsp3) is 0.353. The zero-order chi connectivity index (χ0) is 31.8. The summed E-state index contributed by atoms with van der Waals surface area (Å²) < 4.78 is 10.7. The minimum absolute atomic E-state index is 0.0445. The molecule has 8 nitrogen and oxygen atoms in total. The van der Waals surface area contributed by atoms with Crippen molar-refractivity contribution >= 4 is 59.4 Å². The second kappa shape index (κ2) is 18.3. The number of benzene rings is 3. The van der Waals surface area contributed by atoms with Crippen LogP contribution in [0.15, 0.2) is 91.0 Å². The van der Waals surface area contributed by atoms with E-state index in [1.807, 2.05) is 61.5 Å². The minimum Gasteiger partial charge on any atom is -0.465 e. The van der Waals surface area contributed by atoms with E-state index in [1.165, 1.54) is 15.9 Å². The first-order valence-corrected chi connectivity index (χ1v) is 17.5. The van der Waals surface area contributed by atoms with Gasteiger partial charge >= 0.3 is 11.9 Å². The maximum atomic E-state index is 12.8. The van der Waals surface area contributed by atoms with Crippen LogP contribution in [0.1, 0.15) is 39.0 Å². The highest BCUT2D eigenvalue weighted by Gasteiger charge is 2.45. The summed E-state index contributed by atoms with van der Waals surface area (Å²) in [6.45, 7) is 2.33. The van der Waals surface area contributed by atoms with Gasteiger partial charge in [0.1, 0.15) is 42.0 Å². The molecule has 2 atom stereocenters. The Balaban J connectivity index is 1.57. The van der Waals surface area contributed by atoms with Gasteiger partial charge in [-0.2, -0.15) is 12.6 Å². The number of nitrogens with one attached hydrogen (secondary N) is 1. The summed E-state index contributed by atoms with van der Waals surface area (Å²) in [7, 11) is -2.15. The average Bonchev–Trinajstić information content (AvgIpc) is 3.07. The SMILES string of the molecule is CCCOC(=O)[C@@H](N)CCC(=O)N[C@@H](CS)C(=O)CCC(=O)OCC[P+](c1ccccc1)(c1ccccc1)c1ccccc1. The Kier molecular flexibility index (Phi) is 14.6. The van der Waals surface area contributed by atoms with Crippen LogP contribution in [-0.4, -0.2) is 60.8 Å². The van der Waals surface area contributed by atoms with Gasteiger partial charge in [0.25, 0.3) is 0 Å². The van der Waals surface area contributed by atoms with Crippen LogP contribution in [0.4, 0.5) is 0 Å². The zero-order valence-corrected chi connectivity index (χ0v) is 26.9. The smallest absolute Gasteiger partial charge is 0.322 e. The summed E-state index contributed by atoms with van der Waals surface area (Å²) in [5.74, 6) is -1.72. The van der Waals surface area contributed by atoms with E-state index < -0.39 is 37.2 Å². The highest BCUT2D eigenvalue weighted by Crippen LogP contribution is 2.54. The van der Waals surface area contributed by atoms with Crippen molar-refractivity contribution in [2.24, 2.45) is 5.73 Å². The van der Waals surface area contributed by atoms with E-state index in [1.54, 1.807) is 0 Å². The van der Waals surface area contributed by atoms with Crippen molar-refractivity contribution in [1.29, 1.82) is 0 Å². The van der Waals surface area contributed by atoms with E-state index in [0.717, 1.165) is 0 Å². The molecule has 234 valence electrons. The second-order valence-corrected chi connectivity index (χ2v) is 14.3. The van der Waals surface area contributed by atoms with E-state index in [2.05, 4.69) is 54.3 Å². The van der Waals surface area contributed by atoms with Crippen molar-refractivity contribution in [3.8, 4) is 0 Å². The molecule has 0 bridgehead atoms. The lowest BCUT2D eigenvalue weighted by Gasteiger charge is -2.27. The number of carbonyl (C=O) groups is 4. The largest absolute Gasteiger partial charge is 0.465 e. The topological polar surface area (TPSA) is 125 Å². The van der Waals surface area contributed by atoms with Gasteiger partial charge in [0.15, 0.2) is 5.78 Å². The van der Waals surface area contributed by atoms with Crippen molar-refractivity contribution in [3.63, 3.8) is 0 Å². The average molecular weight is 638 g/mol. The molecule has 1 amide bonds. The number of rotatable bonds is 18. The number of esters is 2. The number of ketones is 1. The maximum Gasteiger partial charge on any atom is 0.322 e. The molecule has 3 rings (SSSR count). The molecule has 10 heteroatoms. The van der Waals surface area contributed by atoms with E-state index in [4.69, 9.17) is 15.2 Å². The summed E-state index contributed by atoms with van der Waals surface area (Å²) in [6.07, 6.45) is 1.12. The molecule has 0 saturated heterocycles. The molecule has 3 aromatic carbocycles. The number of hydrogen-bond acceptors (Lipinski definition) is 8.